The third-order valence-corrected chi connectivity index (χ3v) is 4.71. The lowest BCUT2D eigenvalue weighted by atomic mass is 10.1. The molecule has 3 N–H and O–H groups in total. The SMILES string of the molecule is CN=C(NCCCC(=O)NC1CC1)NCc1ccccc1-n1nc(C)cc1C. The van der Waals surface area contributed by atoms with Gasteiger partial charge in [0.1, 0.15) is 0 Å². The summed E-state index contributed by atoms with van der Waals surface area (Å²) in [5.41, 5.74) is 4.31. The van der Waals surface area contributed by atoms with E-state index in [-0.39, 0.29) is 5.91 Å². The average molecular weight is 383 g/mol. The molecule has 0 bridgehead atoms. The molecule has 1 heterocycles. The third-order valence-electron chi connectivity index (χ3n) is 4.71. The van der Waals surface area contributed by atoms with E-state index in [0.717, 1.165) is 47.9 Å². The van der Waals surface area contributed by atoms with Crippen LogP contribution in [-0.4, -0.2) is 41.3 Å². The van der Waals surface area contributed by atoms with E-state index in [1.54, 1.807) is 7.05 Å². The minimum atomic E-state index is 0.144. The topological polar surface area (TPSA) is 83.3 Å². The number of amides is 1. The predicted molar refractivity (Wildman–Crippen MR) is 112 cm³/mol. The van der Waals surface area contributed by atoms with Crippen LogP contribution in [0.4, 0.5) is 0 Å². The summed E-state index contributed by atoms with van der Waals surface area (Å²) in [5, 5.41) is 14.2. The molecular weight excluding hydrogens is 352 g/mol. The maximum atomic E-state index is 11.7. The highest BCUT2D eigenvalue weighted by Gasteiger charge is 2.22. The van der Waals surface area contributed by atoms with E-state index in [0.29, 0.717) is 25.6 Å². The van der Waals surface area contributed by atoms with Gasteiger partial charge in [-0.3, -0.25) is 9.79 Å². The molecule has 1 amide bonds. The van der Waals surface area contributed by atoms with E-state index < -0.39 is 0 Å². The summed E-state index contributed by atoms with van der Waals surface area (Å²) in [7, 11) is 1.75. The number of nitrogens with zero attached hydrogens (tertiary/aromatic N) is 3. The summed E-state index contributed by atoms with van der Waals surface area (Å²) in [6.45, 7) is 5.40. The van der Waals surface area contributed by atoms with Gasteiger partial charge < -0.3 is 16.0 Å². The van der Waals surface area contributed by atoms with E-state index in [1.807, 2.05) is 23.7 Å². The lowest BCUT2D eigenvalue weighted by Gasteiger charge is -2.15. The maximum absolute atomic E-state index is 11.7. The van der Waals surface area contributed by atoms with E-state index in [9.17, 15) is 4.79 Å². The Bertz CT molecular complexity index is 837. The standard InChI is InChI=1S/C21H30N6O/c1-15-13-16(2)27(26-15)19-8-5-4-7-17(19)14-24-21(22-3)23-12-6-9-20(28)25-18-10-11-18/h4-5,7-8,13,18H,6,9-12,14H2,1-3H3,(H,25,28)(H2,22,23,24). The Labute approximate surface area is 166 Å². The monoisotopic (exact) mass is 382 g/mol. The second-order valence-corrected chi connectivity index (χ2v) is 7.27. The van der Waals surface area contributed by atoms with Gasteiger partial charge in [0.25, 0.3) is 0 Å². The minimum Gasteiger partial charge on any atom is -0.356 e. The van der Waals surface area contributed by atoms with Gasteiger partial charge >= 0.3 is 0 Å². The van der Waals surface area contributed by atoms with Crippen molar-refractivity contribution in [2.45, 2.75) is 52.1 Å². The first-order chi connectivity index (χ1) is 13.6. The summed E-state index contributed by atoms with van der Waals surface area (Å²) in [5.74, 6) is 0.872. The molecule has 0 atom stereocenters. The van der Waals surface area contributed by atoms with Crippen molar-refractivity contribution in [1.82, 2.24) is 25.7 Å². The largest absolute Gasteiger partial charge is 0.356 e. The summed E-state index contributed by atoms with van der Waals surface area (Å²) in [4.78, 5) is 16.0. The van der Waals surface area contributed by atoms with Crippen molar-refractivity contribution in [3.8, 4) is 5.69 Å². The number of hydrogen-bond donors (Lipinski definition) is 3. The van der Waals surface area contributed by atoms with Gasteiger partial charge in [0.05, 0.1) is 11.4 Å². The Morgan fingerprint density at radius 2 is 2.04 bits per heavy atom. The second kappa shape index (κ2) is 9.39. The molecule has 7 heteroatoms. The Balaban J connectivity index is 1.50. The first-order valence-electron chi connectivity index (χ1n) is 9.92. The summed E-state index contributed by atoms with van der Waals surface area (Å²) >= 11 is 0. The van der Waals surface area contributed by atoms with Crippen LogP contribution < -0.4 is 16.0 Å². The maximum Gasteiger partial charge on any atom is 0.220 e. The minimum absolute atomic E-state index is 0.144. The number of benzene rings is 1. The number of aliphatic imine (C=N–C) groups is 1. The lowest BCUT2D eigenvalue weighted by molar-refractivity contribution is -0.121. The van der Waals surface area contributed by atoms with Crippen molar-refractivity contribution >= 4 is 11.9 Å². The van der Waals surface area contributed by atoms with Crippen LogP contribution in [0.3, 0.4) is 0 Å². The Kier molecular flexibility index (Phi) is 6.68. The van der Waals surface area contributed by atoms with E-state index in [2.05, 4.69) is 51.2 Å². The van der Waals surface area contributed by atoms with E-state index in [4.69, 9.17) is 0 Å². The van der Waals surface area contributed by atoms with Crippen LogP contribution in [0.5, 0.6) is 0 Å². The van der Waals surface area contributed by atoms with Gasteiger partial charge in [0.2, 0.25) is 5.91 Å². The number of aromatic nitrogens is 2. The van der Waals surface area contributed by atoms with Gasteiger partial charge in [0.15, 0.2) is 5.96 Å². The van der Waals surface area contributed by atoms with Crippen molar-refractivity contribution in [3.05, 3.63) is 47.3 Å². The Hall–Kier alpha value is -2.83. The number of rotatable bonds is 8. The van der Waals surface area contributed by atoms with Gasteiger partial charge in [0, 0.05) is 38.3 Å². The molecule has 0 aliphatic heterocycles. The lowest BCUT2D eigenvalue weighted by Crippen LogP contribution is -2.38. The molecule has 150 valence electrons. The molecule has 1 fully saturated rings. The van der Waals surface area contributed by atoms with Crippen LogP contribution in [0, 0.1) is 13.8 Å². The number of hydrogen-bond acceptors (Lipinski definition) is 3. The van der Waals surface area contributed by atoms with Gasteiger partial charge in [-0.15, -0.1) is 0 Å². The fourth-order valence-electron chi connectivity index (χ4n) is 3.12. The van der Waals surface area contributed by atoms with E-state index >= 15 is 0 Å². The molecule has 0 radical (unpaired) electrons. The molecule has 0 saturated heterocycles. The molecule has 1 aromatic heterocycles. The highest BCUT2D eigenvalue weighted by molar-refractivity contribution is 5.80. The van der Waals surface area contributed by atoms with Crippen LogP contribution in [0.1, 0.15) is 42.6 Å². The second-order valence-electron chi connectivity index (χ2n) is 7.27. The van der Waals surface area contributed by atoms with Crippen molar-refractivity contribution in [2.75, 3.05) is 13.6 Å². The van der Waals surface area contributed by atoms with Crippen molar-refractivity contribution < 1.29 is 4.79 Å². The Morgan fingerprint density at radius 1 is 1.25 bits per heavy atom. The zero-order chi connectivity index (χ0) is 19.9. The zero-order valence-corrected chi connectivity index (χ0v) is 17.0. The molecule has 1 aliphatic rings. The van der Waals surface area contributed by atoms with Crippen molar-refractivity contribution in [3.63, 3.8) is 0 Å². The number of carbonyl (C=O) groups excluding carboxylic acids is 1. The molecule has 3 rings (SSSR count). The first kappa shape index (κ1) is 19.9. The fraction of sp³-hybridized carbons (Fsp3) is 0.476. The molecule has 1 saturated carbocycles. The Morgan fingerprint density at radius 3 is 2.71 bits per heavy atom. The molecule has 1 aliphatic carbocycles. The number of aryl methyl sites for hydroxylation is 2. The van der Waals surface area contributed by atoms with Crippen molar-refractivity contribution in [2.24, 2.45) is 4.99 Å². The molecule has 0 unspecified atom stereocenters. The molecule has 28 heavy (non-hydrogen) atoms. The van der Waals surface area contributed by atoms with Crippen LogP contribution in [-0.2, 0) is 11.3 Å². The van der Waals surface area contributed by atoms with Gasteiger partial charge in [-0.25, -0.2) is 4.68 Å². The molecule has 2 aromatic rings. The number of nitrogens with one attached hydrogen (secondary N) is 3. The summed E-state index contributed by atoms with van der Waals surface area (Å²) in [6.07, 6.45) is 3.57. The average Bonchev–Trinajstić information content (AvgIpc) is 3.43. The van der Waals surface area contributed by atoms with Crippen molar-refractivity contribution in [1.29, 1.82) is 0 Å². The normalized spacial score (nSPS) is 14.0. The van der Waals surface area contributed by atoms with Crippen LogP contribution in [0.15, 0.2) is 35.3 Å². The first-order valence-corrected chi connectivity index (χ1v) is 9.92. The van der Waals surface area contributed by atoms with Crippen LogP contribution >= 0.6 is 0 Å². The third kappa shape index (κ3) is 5.58. The summed E-state index contributed by atoms with van der Waals surface area (Å²) in [6, 6.07) is 10.7. The molecule has 0 spiro atoms. The van der Waals surface area contributed by atoms with E-state index in [1.165, 1.54) is 0 Å². The highest BCUT2D eigenvalue weighted by atomic mass is 16.1. The van der Waals surface area contributed by atoms with Gasteiger partial charge in [-0.1, -0.05) is 18.2 Å². The molecule has 1 aromatic carbocycles. The number of guanidine groups is 1. The summed E-state index contributed by atoms with van der Waals surface area (Å²) < 4.78 is 1.97. The van der Waals surface area contributed by atoms with Crippen LogP contribution in [0.25, 0.3) is 5.69 Å². The fourth-order valence-corrected chi connectivity index (χ4v) is 3.12. The zero-order valence-electron chi connectivity index (χ0n) is 17.0. The quantitative estimate of drug-likeness (QED) is 0.371. The van der Waals surface area contributed by atoms with Gasteiger partial charge in [-0.2, -0.15) is 5.10 Å². The highest BCUT2D eigenvalue weighted by Crippen LogP contribution is 2.18. The number of carbonyl (C=O) groups is 1. The van der Waals surface area contributed by atoms with Crippen LogP contribution in [0.2, 0.25) is 0 Å². The smallest absolute Gasteiger partial charge is 0.220 e. The number of para-hydroxylation sites is 1. The van der Waals surface area contributed by atoms with Gasteiger partial charge in [-0.05, 0) is 50.8 Å². The molecule has 7 nitrogen and oxygen atoms in total. The predicted octanol–water partition coefficient (Wildman–Crippen LogP) is 2.21. The molecular formula is C21H30N6O.